The normalized spacial score (nSPS) is 18.9. The second-order valence-corrected chi connectivity index (χ2v) is 6.54. The van der Waals surface area contributed by atoms with E-state index in [1.807, 2.05) is 39.8 Å². The third-order valence-corrected chi connectivity index (χ3v) is 4.36. The van der Waals surface area contributed by atoms with Crippen molar-refractivity contribution in [1.29, 1.82) is 0 Å². The number of amides is 1. The van der Waals surface area contributed by atoms with Crippen molar-refractivity contribution in [2.45, 2.75) is 38.9 Å². The molecule has 0 bridgehead atoms. The fraction of sp³-hybridized carbons (Fsp3) is 0.375. The SMILES string of the molecule is CC1(C)OB(c2ccc(NC(=O)c3cocn3)cc2)OC1(C)C. The Kier molecular flexibility index (Phi) is 3.78. The lowest BCUT2D eigenvalue weighted by molar-refractivity contribution is 0.00578. The van der Waals surface area contributed by atoms with Crippen molar-refractivity contribution in [1.82, 2.24) is 4.98 Å². The number of benzene rings is 1. The Hall–Kier alpha value is -2.12. The van der Waals surface area contributed by atoms with Crippen LogP contribution in [0.4, 0.5) is 5.69 Å². The molecule has 120 valence electrons. The predicted octanol–water partition coefficient (Wildman–Crippen LogP) is 2.23. The van der Waals surface area contributed by atoms with Gasteiger partial charge in [-0.1, -0.05) is 12.1 Å². The minimum absolute atomic E-state index is 0.236. The molecule has 23 heavy (non-hydrogen) atoms. The first-order valence-corrected chi connectivity index (χ1v) is 7.44. The molecule has 0 saturated carbocycles. The van der Waals surface area contributed by atoms with Gasteiger partial charge in [-0.15, -0.1) is 0 Å². The number of rotatable bonds is 3. The molecule has 1 aromatic carbocycles. The average Bonchev–Trinajstić information content (AvgIpc) is 3.07. The molecule has 7 heteroatoms. The number of oxazole rings is 1. The molecule has 6 nitrogen and oxygen atoms in total. The van der Waals surface area contributed by atoms with E-state index in [9.17, 15) is 4.79 Å². The summed E-state index contributed by atoms with van der Waals surface area (Å²) >= 11 is 0. The maximum atomic E-state index is 11.9. The van der Waals surface area contributed by atoms with Gasteiger partial charge in [0.1, 0.15) is 6.26 Å². The zero-order valence-corrected chi connectivity index (χ0v) is 13.6. The third kappa shape index (κ3) is 3.02. The average molecular weight is 314 g/mol. The number of nitrogens with one attached hydrogen (secondary N) is 1. The molecule has 1 aliphatic rings. The summed E-state index contributed by atoms with van der Waals surface area (Å²) in [5, 5.41) is 2.75. The van der Waals surface area contributed by atoms with Crippen molar-refractivity contribution >= 4 is 24.2 Å². The van der Waals surface area contributed by atoms with E-state index in [1.54, 1.807) is 12.1 Å². The maximum absolute atomic E-state index is 11.9. The molecule has 0 radical (unpaired) electrons. The molecular formula is C16H19BN2O4. The summed E-state index contributed by atoms with van der Waals surface area (Å²) in [6, 6.07) is 7.36. The highest BCUT2D eigenvalue weighted by Gasteiger charge is 2.51. The smallest absolute Gasteiger partial charge is 0.451 e. The standard InChI is InChI=1S/C16H19BN2O4/c1-15(2)16(3,4)23-17(22-15)11-5-7-12(8-6-11)19-14(20)13-9-21-10-18-13/h5-10H,1-4H3,(H,19,20). The molecule has 0 spiro atoms. The van der Waals surface area contributed by atoms with Crippen molar-refractivity contribution in [3.05, 3.63) is 42.6 Å². The minimum atomic E-state index is -0.416. The lowest BCUT2D eigenvalue weighted by Crippen LogP contribution is -2.41. The van der Waals surface area contributed by atoms with E-state index < -0.39 is 7.12 Å². The summed E-state index contributed by atoms with van der Waals surface area (Å²) in [4.78, 5) is 15.7. The van der Waals surface area contributed by atoms with Crippen LogP contribution in [-0.2, 0) is 9.31 Å². The Balaban J connectivity index is 1.70. The Labute approximate surface area is 135 Å². The van der Waals surface area contributed by atoms with Gasteiger partial charge in [0.2, 0.25) is 0 Å². The van der Waals surface area contributed by atoms with E-state index in [4.69, 9.17) is 13.7 Å². The molecular weight excluding hydrogens is 295 g/mol. The third-order valence-electron chi connectivity index (χ3n) is 4.36. The zero-order valence-electron chi connectivity index (χ0n) is 13.6. The van der Waals surface area contributed by atoms with Crippen LogP contribution in [0.2, 0.25) is 0 Å². The van der Waals surface area contributed by atoms with Crippen LogP contribution in [0.15, 0.2) is 41.3 Å². The Morgan fingerprint density at radius 3 is 2.22 bits per heavy atom. The Morgan fingerprint density at radius 2 is 1.70 bits per heavy atom. The van der Waals surface area contributed by atoms with Gasteiger partial charge >= 0.3 is 7.12 Å². The van der Waals surface area contributed by atoms with Crippen LogP contribution in [0, 0.1) is 0 Å². The summed E-state index contributed by atoms with van der Waals surface area (Å²) < 4.78 is 16.8. The van der Waals surface area contributed by atoms with E-state index in [-0.39, 0.29) is 22.8 Å². The summed E-state index contributed by atoms with van der Waals surface area (Å²) in [7, 11) is -0.416. The molecule has 1 amide bonds. The summed E-state index contributed by atoms with van der Waals surface area (Å²) in [5.74, 6) is -0.317. The van der Waals surface area contributed by atoms with Crippen LogP contribution in [0.25, 0.3) is 0 Å². The van der Waals surface area contributed by atoms with Gasteiger partial charge in [0.05, 0.1) is 11.2 Å². The van der Waals surface area contributed by atoms with Crippen LogP contribution in [0.5, 0.6) is 0 Å². The van der Waals surface area contributed by atoms with Gasteiger partial charge in [-0.2, -0.15) is 0 Å². The first-order chi connectivity index (χ1) is 10.8. The number of aromatic nitrogens is 1. The first-order valence-electron chi connectivity index (χ1n) is 7.44. The van der Waals surface area contributed by atoms with Crippen molar-refractivity contribution in [2.24, 2.45) is 0 Å². The molecule has 0 unspecified atom stereocenters. The molecule has 0 aliphatic carbocycles. The highest BCUT2D eigenvalue weighted by atomic mass is 16.7. The summed E-state index contributed by atoms with van der Waals surface area (Å²) in [6.07, 6.45) is 2.52. The van der Waals surface area contributed by atoms with E-state index in [0.29, 0.717) is 5.69 Å². The molecule has 1 aliphatic heterocycles. The van der Waals surface area contributed by atoms with Crippen molar-refractivity contribution < 1.29 is 18.5 Å². The highest BCUT2D eigenvalue weighted by Crippen LogP contribution is 2.36. The Morgan fingerprint density at radius 1 is 1.09 bits per heavy atom. The summed E-state index contributed by atoms with van der Waals surface area (Å²) in [5.41, 5.74) is 1.05. The van der Waals surface area contributed by atoms with E-state index in [2.05, 4.69) is 10.3 Å². The molecule has 1 N–H and O–H groups in total. The second kappa shape index (κ2) is 5.51. The monoisotopic (exact) mass is 314 g/mol. The Bertz CT molecular complexity index is 679. The minimum Gasteiger partial charge on any atom is -0.451 e. The van der Waals surface area contributed by atoms with Crippen LogP contribution in [-0.4, -0.2) is 29.2 Å². The molecule has 1 saturated heterocycles. The van der Waals surface area contributed by atoms with Crippen molar-refractivity contribution in [3.8, 4) is 0 Å². The maximum Gasteiger partial charge on any atom is 0.494 e. The van der Waals surface area contributed by atoms with Crippen LogP contribution in [0.3, 0.4) is 0 Å². The molecule has 2 aromatic rings. The van der Waals surface area contributed by atoms with Gasteiger partial charge in [-0.05, 0) is 45.3 Å². The number of anilines is 1. The lowest BCUT2D eigenvalue weighted by atomic mass is 9.79. The van der Waals surface area contributed by atoms with Crippen LogP contribution < -0.4 is 10.8 Å². The van der Waals surface area contributed by atoms with E-state index in [0.717, 1.165) is 5.46 Å². The quantitative estimate of drug-likeness (QED) is 0.880. The topological polar surface area (TPSA) is 73.6 Å². The highest BCUT2D eigenvalue weighted by molar-refractivity contribution is 6.62. The van der Waals surface area contributed by atoms with Crippen molar-refractivity contribution in [2.75, 3.05) is 5.32 Å². The summed E-state index contributed by atoms with van der Waals surface area (Å²) in [6.45, 7) is 8.05. The van der Waals surface area contributed by atoms with Gasteiger partial charge in [-0.3, -0.25) is 4.79 Å². The van der Waals surface area contributed by atoms with Gasteiger partial charge in [0.25, 0.3) is 5.91 Å². The fourth-order valence-electron chi connectivity index (χ4n) is 2.22. The van der Waals surface area contributed by atoms with E-state index >= 15 is 0 Å². The van der Waals surface area contributed by atoms with Gasteiger partial charge in [0.15, 0.2) is 12.1 Å². The van der Waals surface area contributed by atoms with E-state index in [1.165, 1.54) is 12.7 Å². The molecule has 3 rings (SSSR count). The van der Waals surface area contributed by atoms with Crippen LogP contribution in [0.1, 0.15) is 38.2 Å². The molecule has 1 fully saturated rings. The fourth-order valence-corrected chi connectivity index (χ4v) is 2.22. The molecule has 2 heterocycles. The number of carbonyl (C=O) groups excluding carboxylic acids is 1. The number of nitrogens with zero attached hydrogens (tertiary/aromatic N) is 1. The first kappa shape index (κ1) is 15.8. The number of hydrogen-bond donors (Lipinski definition) is 1. The zero-order chi connectivity index (χ0) is 16.7. The van der Waals surface area contributed by atoms with Crippen molar-refractivity contribution in [3.63, 3.8) is 0 Å². The van der Waals surface area contributed by atoms with Gasteiger partial charge in [-0.25, -0.2) is 4.98 Å². The predicted molar refractivity (Wildman–Crippen MR) is 86.6 cm³/mol. The largest absolute Gasteiger partial charge is 0.494 e. The molecule has 0 atom stereocenters. The second-order valence-electron chi connectivity index (χ2n) is 6.54. The number of carbonyl (C=O) groups is 1. The molecule has 1 aromatic heterocycles. The van der Waals surface area contributed by atoms with Gasteiger partial charge in [0, 0.05) is 5.69 Å². The van der Waals surface area contributed by atoms with Gasteiger partial charge < -0.3 is 19.0 Å². The lowest BCUT2D eigenvalue weighted by Gasteiger charge is -2.32. The van der Waals surface area contributed by atoms with Crippen LogP contribution >= 0.6 is 0 Å². The number of hydrogen-bond acceptors (Lipinski definition) is 5.